The highest BCUT2D eigenvalue weighted by atomic mass is 79.9. The third-order valence-corrected chi connectivity index (χ3v) is 8.69. The lowest BCUT2D eigenvalue weighted by molar-refractivity contribution is 0.102. The fourth-order valence-electron chi connectivity index (χ4n) is 3.96. The highest BCUT2D eigenvalue weighted by molar-refractivity contribution is 9.10. The predicted octanol–water partition coefficient (Wildman–Crippen LogP) is 1.48. The van der Waals surface area contributed by atoms with Crippen LogP contribution in [0, 0.1) is 0 Å². The number of nitrogen functional groups attached to an aromatic ring is 1. The minimum absolute atomic E-state index is 0.0800. The van der Waals surface area contributed by atoms with Gasteiger partial charge in [0.05, 0.1) is 16.6 Å². The lowest BCUT2D eigenvalue weighted by Gasteiger charge is -2.38. The van der Waals surface area contributed by atoms with Gasteiger partial charge in [0, 0.05) is 30.7 Å². The summed E-state index contributed by atoms with van der Waals surface area (Å²) in [6.45, 7) is 3.35. The van der Waals surface area contributed by atoms with Crippen molar-refractivity contribution in [1.82, 2.24) is 14.6 Å². The van der Waals surface area contributed by atoms with Gasteiger partial charge in [-0.05, 0) is 54.0 Å². The Morgan fingerprint density at radius 1 is 1.23 bits per heavy atom. The molecule has 0 saturated carbocycles. The van der Waals surface area contributed by atoms with Gasteiger partial charge in [0.15, 0.2) is 5.69 Å². The monoisotopic (exact) mass is 512 g/mol. The van der Waals surface area contributed by atoms with Gasteiger partial charge in [0.2, 0.25) is 10.0 Å². The number of amides is 1. The third-order valence-electron chi connectivity index (χ3n) is 5.63. The molecule has 1 aromatic heterocycles. The second-order valence-corrected chi connectivity index (χ2v) is 10.6. The van der Waals surface area contributed by atoms with Crippen LogP contribution in [0.5, 0.6) is 0 Å². The number of para-hydroxylation sites is 1. The van der Waals surface area contributed by atoms with E-state index in [1.807, 2.05) is 18.2 Å². The molecule has 1 amide bonds. The van der Waals surface area contributed by atoms with Crippen LogP contribution in [-0.4, -0.2) is 68.1 Å². The number of nitrogens with one attached hydrogen (secondary N) is 2. The van der Waals surface area contributed by atoms with Crippen molar-refractivity contribution in [2.24, 2.45) is 0 Å². The van der Waals surface area contributed by atoms with Crippen molar-refractivity contribution < 1.29 is 17.6 Å². The zero-order valence-electron chi connectivity index (χ0n) is 16.9. The summed E-state index contributed by atoms with van der Waals surface area (Å²) in [6.07, 6.45) is 2.50. The maximum atomic E-state index is 13.0. The first-order chi connectivity index (χ1) is 14.9. The van der Waals surface area contributed by atoms with Gasteiger partial charge < -0.3 is 25.7 Å². The number of aromatic nitrogens is 1. The number of anilines is 3. The molecule has 0 atom stereocenters. The van der Waals surface area contributed by atoms with Crippen LogP contribution in [0.15, 0.2) is 33.4 Å². The number of hydrogen-bond acceptors (Lipinski definition) is 8. The summed E-state index contributed by atoms with van der Waals surface area (Å²) in [5.41, 5.74) is 6.93. The van der Waals surface area contributed by atoms with E-state index in [1.165, 1.54) is 6.26 Å². The molecule has 0 radical (unpaired) electrons. The SMILES string of the molecule is Nc1nc(C(=O)Nc2c(Br)cccc2N2CCN(S(=O)(=O)C3CCNCC3)CC2)co1. The number of piperidine rings is 1. The lowest BCUT2D eigenvalue weighted by atomic mass is 10.2. The fraction of sp³-hybridized carbons (Fsp3) is 0.474. The molecule has 3 heterocycles. The Balaban J connectivity index is 1.47. The lowest BCUT2D eigenvalue weighted by Crippen LogP contribution is -2.52. The highest BCUT2D eigenvalue weighted by Gasteiger charge is 2.35. The predicted molar refractivity (Wildman–Crippen MR) is 122 cm³/mol. The van der Waals surface area contributed by atoms with Crippen molar-refractivity contribution in [3.05, 3.63) is 34.6 Å². The van der Waals surface area contributed by atoms with E-state index in [0.29, 0.717) is 49.2 Å². The molecule has 2 fully saturated rings. The number of nitrogens with two attached hydrogens (primary N) is 1. The summed E-state index contributed by atoms with van der Waals surface area (Å²) in [5, 5.41) is 5.76. The Kier molecular flexibility index (Phi) is 6.51. The van der Waals surface area contributed by atoms with Crippen molar-refractivity contribution in [1.29, 1.82) is 0 Å². The average molecular weight is 513 g/mol. The van der Waals surface area contributed by atoms with E-state index >= 15 is 0 Å². The molecule has 2 aliphatic heterocycles. The number of hydrogen-bond donors (Lipinski definition) is 3. The van der Waals surface area contributed by atoms with Crippen LogP contribution in [-0.2, 0) is 10.0 Å². The van der Waals surface area contributed by atoms with Gasteiger partial charge in [-0.1, -0.05) is 6.07 Å². The summed E-state index contributed by atoms with van der Waals surface area (Å²) in [4.78, 5) is 18.5. The number of rotatable bonds is 5. The average Bonchev–Trinajstić information content (AvgIpc) is 3.22. The molecular weight excluding hydrogens is 488 g/mol. The quantitative estimate of drug-likeness (QED) is 0.548. The van der Waals surface area contributed by atoms with Crippen LogP contribution in [0.2, 0.25) is 0 Å². The van der Waals surface area contributed by atoms with Gasteiger partial charge in [0.1, 0.15) is 6.26 Å². The first-order valence-electron chi connectivity index (χ1n) is 10.1. The molecule has 0 unspecified atom stereocenters. The van der Waals surface area contributed by atoms with Gasteiger partial charge in [-0.25, -0.2) is 8.42 Å². The zero-order chi connectivity index (χ0) is 22.0. The summed E-state index contributed by atoms with van der Waals surface area (Å²) < 4.78 is 33.2. The Hall–Kier alpha value is -2.15. The largest absolute Gasteiger partial charge is 0.431 e. The van der Waals surface area contributed by atoms with Crippen molar-refractivity contribution in [3.63, 3.8) is 0 Å². The molecule has 0 aliphatic carbocycles. The van der Waals surface area contributed by atoms with Gasteiger partial charge >= 0.3 is 0 Å². The standard InChI is InChI=1S/C19H25BrN6O4S/c20-14-2-1-3-16(17(14)24-18(27)15-12-30-19(21)23-15)25-8-10-26(11-9-25)31(28,29)13-4-6-22-7-5-13/h1-3,12-13,22H,4-11H2,(H2,21,23)(H,24,27). The molecule has 0 spiro atoms. The van der Waals surface area contributed by atoms with Crippen LogP contribution in [0.3, 0.4) is 0 Å². The smallest absolute Gasteiger partial charge is 0.292 e. The van der Waals surface area contributed by atoms with Gasteiger partial charge in [-0.2, -0.15) is 9.29 Å². The molecule has 31 heavy (non-hydrogen) atoms. The number of benzene rings is 1. The van der Waals surface area contributed by atoms with E-state index < -0.39 is 15.9 Å². The number of halogens is 1. The third kappa shape index (κ3) is 4.71. The zero-order valence-corrected chi connectivity index (χ0v) is 19.3. The number of piperazine rings is 1. The minimum Gasteiger partial charge on any atom is -0.431 e. The number of carbonyl (C=O) groups excluding carboxylic acids is 1. The number of sulfonamides is 1. The first-order valence-corrected chi connectivity index (χ1v) is 12.4. The summed E-state index contributed by atoms with van der Waals surface area (Å²) in [5.74, 6) is -0.444. The number of nitrogens with zero attached hydrogens (tertiary/aromatic N) is 3. The topological polar surface area (TPSA) is 134 Å². The molecule has 4 rings (SSSR count). The van der Waals surface area contributed by atoms with E-state index in [4.69, 9.17) is 10.2 Å². The van der Waals surface area contributed by atoms with Gasteiger partial charge in [0.25, 0.3) is 11.9 Å². The highest BCUT2D eigenvalue weighted by Crippen LogP contribution is 2.35. The molecule has 4 N–H and O–H groups in total. The van der Waals surface area contributed by atoms with E-state index in [1.54, 1.807) is 4.31 Å². The molecule has 1 aromatic carbocycles. The van der Waals surface area contributed by atoms with Crippen LogP contribution >= 0.6 is 15.9 Å². The maximum Gasteiger partial charge on any atom is 0.292 e. The van der Waals surface area contributed by atoms with Crippen LogP contribution in [0.4, 0.5) is 17.4 Å². The van der Waals surface area contributed by atoms with Gasteiger partial charge in [-0.15, -0.1) is 0 Å². The van der Waals surface area contributed by atoms with E-state index in [-0.39, 0.29) is 17.0 Å². The van der Waals surface area contributed by atoms with Gasteiger partial charge in [-0.3, -0.25) is 4.79 Å². The van der Waals surface area contributed by atoms with Crippen molar-refractivity contribution in [2.75, 3.05) is 55.2 Å². The molecule has 10 nitrogen and oxygen atoms in total. The van der Waals surface area contributed by atoms with E-state index in [2.05, 4.69) is 36.4 Å². The number of carbonyl (C=O) groups is 1. The van der Waals surface area contributed by atoms with E-state index in [9.17, 15) is 13.2 Å². The Morgan fingerprint density at radius 2 is 1.94 bits per heavy atom. The Bertz CT molecular complexity index is 1050. The normalized spacial score (nSPS) is 18.8. The molecule has 0 bridgehead atoms. The molecule has 168 valence electrons. The first kappa shape index (κ1) is 22.1. The summed E-state index contributed by atoms with van der Waals surface area (Å²) >= 11 is 3.49. The molecule has 2 aromatic rings. The summed E-state index contributed by atoms with van der Waals surface area (Å²) in [6, 6.07) is 5.52. The fourth-order valence-corrected chi connectivity index (χ4v) is 6.34. The van der Waals surface area contributed by atoms with Crippen LogP contribution in [0.25, 0.3) is 0 Å². The maximum absolute atomic E-state index is 13.0. The molecule has 12 heteroatoms. The Morgan fingerprint density at radius 3 is 2.58 bits per heavy atom. The minimum atomic E-state index is -3.30. The second kappa shape index (κ2) is 9.15. The van der Waals surface area contributed by atoms with Crippen molar-refractivity contribution >= 4 is 49.2 Å². The van der Waals surface area contributed by atoms with Crippen LogP contribution < -0.4 is 21.3 Å². The van der Waals surface area contributed by atoms with Crippen molar-refractivity contribution in [3.8, 4) is 0 Å². The van der Waals surface area contributed by atoms with Crippen LogP contribution in [0.1, 0.15) is 23.3 Å². The molecule has 2 aliphatic rings. The molecule has 2 saturated heterocycles. The second-order valence-electron chi connectivity index (χ2n) is 7.54. The van der Waals surface area contributed by atoms with E-state index in [0.717, 1.165) is 18.8 Å². The molecular formula is C19H25BrN6O4S. The number of oxazole rings is 1. The summed E-state index contributed by atoms with van der Waals surface area (Å²) in [7, 11) is -3.30. The van der Waals surface area contributed by atoms with Crippen molar-refractivity contribution in [2.45, 2.75) is 18.1 Å². The Labute approximate surface area is 189 Å².